The molecule has 2 rings (SSSR count). The SMILES string of the molecule is CCOC(=O)CC(=O)c1ccc(Oc2ccc(Cl)cc2)cc1. The van der Waals surface area contributed by atoms with Crippen LogP contribution in [0.3, 0.4) is 0 Å². The molecule has 0 aliphatic rings. The third kappa shape index (κ3) is 4.60. The van der Waals surface area contributed by atoms with Gasteiger partial charge in [-0.1, -0.05) is 11.6 Å². The molecule has 0 heterocycles. The number of Topliss-reactive ketones (excluding diaryl/α,β-unsaturated/α-hetero) is 1. The Hall–Kier alpha value is -2.33. The van der Waals surface area contributed by atoms with E-state index in [9.17, 15) is 9.59 Å². The van der Waals surface area contributed by atoms with Gasteiger partial charge in [-0.15, -0.1) is 0 Å². The highest BCUT2D eigenvalue weighted by Gasteiger charge is 2.12. The van der Waals surface area contributed by atoms with E-state index in [1.165, 1.54) is 0 Å². The molecule has 0 N–H and O–H groups in total. The predicted octanol–water partition coefficient (Wildman–Crippen LogP) is 4.27. The summed E-state index contributed by atoms with van der Waals surface area (Å²) in [4.78, 5) is 23.2. The van der Waals surface area contributed by atoms with Crippen molar-refractivity contribution in [3.05, 3.63) is 59.1 Å². The molecule has 114 valence electrons. The van der Waals surface area contributed by atoms with E-state index in [2.05, 4.69) is 0 Å². The van der Waals surface area contributed by atoms with Gasteiger partial charge in [-0.2, -0.15) is 0 Å². The van der Waals surface area contributed by atoms with Crippen molar-refractivity contribution in [3.8, 4) is 11.5 Å². The molecule has 2 aromatic carbocycles. The third-order valence-corrected chi connectivity index (χ3v) is 3.09. The van der Waals surface area contributed by atoms with Crippen LogP contribution >= 0.6 is 11.6 Å². The molecule has 0 spiro atoms. The second-order valence-electron chi connectivity index (χ2n) is 4.49. The van der Waals surface area contributed by atoms with Gasteiger partial charge in [-0.25, -0.2) is 0 Å². The van der Waals surface area contributed by atoms with Gasteiger partial charge in [0.15, 0.2) is 5.78 Å². The van der Waals surface area contributed by atoms with Gasteiger partial charge < -0.3 is 9.47 Å². The Balaban J connectivity index is 1.99. The van der Waals surface area contributed by atoms with E-state index in [-0.39, 0.29) is 18.8 Å². The molecular weight excluding hydrogens is 304 g/mol. The molecule has 0 amide bonds. The smallest absolute Gasteiger partial charge is 0.313 e. The van der Waals surface area contributed by atoms with Crippen LogP contribution in [-0.2, 0) is 9.53 Å². The largest absolute Gasteiger partial charge is 0.466 e. The van der Waals surface area contributed by atoms with Crippen molar-refractivity contribution < 1.29 is 19.1 Å². The van der Waals surface area contributed by atoms with Crippen LogP contribution in [0.4, 0.5) is 0 Å². The summed E-state index contributed by atoms with van der Waals surface area (Å²) in [6.07, 6.45) is -0.259. The van der Waals surface area contributed by atoms with E-state index in [1.54, 1.807) is 55.5 Å². The molecule has 0 unspecified atom stereocenters. The lowest BCUT2D eigenvalue weighted by Crippen LogP contribution is -2.11. The number of carbonyl (C=O) groups excluding carboxylic acids is 2. The molecule has 5 heteroatoms. The van der Waals surface area contributed by atoms with E-state index >= 15 is 0 Å². The lowest BCUT2D eigenvalue weighted by atomic mass is 10.1. The van der Waals surface area contributed by atoms with Gasteiger partial charge in [-0.05, 0) is 55.5 Å². The third-order valence-electron chi connectivity index (χ3n) is 2.84. The van der Waals surface area contributed by atoms with E-state index < -0.39 is 5.97 Å². The van der Waals surface area contributed by atoms with Crippen molar-refractivity contribution in [2.24, 2.45) is 0 Å². The summed E-state index contributed by atoms with van der Waals surface area (Å²) in [7, 11) is 0. The number of esters is 1. The molecule has 0 radical (unpaired) electrons. The maximum atomic E-state index is 11.9. The van der Waals surface area contributed by atoms with Crippen LogP contribution in [0.2, 0.25) is 5.02 Å². The molecular formula is C17H15ClO4. The number of carbonyl (C=O) groups is 2. The maximum absolute atomic E-state index is 11.9. The molecule has 22 heavy (non-hydrogen) atoms. The monoisotopic (exact) mass is 318 g/mol. The fourth-order valence-electron chi connectivity index (χ4n) is 1.79. The van der Waals surface area contributed by atoms with Crippen LogP contribution in [-0.4, -0.2) is 18.4 Å². The fraction of sp³-hybridized carbons (Fsp3) is 0.176. The minimum absolute atomic E-state index is 0.259. The zero-order chi connectivity index (χ0) is 15.9. The minimum atomic E-state index is -0.519. The Morgan fingerprint density at radius 3 is 2.05 bits per heavy atom. The highest BCUT2D eigenvalue weighted by atomic mass is 35.5. The van der Waals surface area contributed by atoms with Gasteiger partial charge >= 0.3 is 5.97 Å². The Morgan fingerprint density at radius 1 is 0.955 bits per heavy atom. The normalized spacial score (nSPS) is 10.1. The summed E-state index contributed by atoms with van der Waals surface area (Å²) in [6.45, 7) is 1.96. The Kier molecular flexibility index (Phi) is 5.55. The van der Waals surface area contributed by atoms with Crippen LogP contribution in [0.15, 0.2) is 48.5 Å². The second-order valence-corrected chi connectivity index (χ2v) is 4.92. The Morgan fingerprint density at radius 2 is 1.50 bits per heavy atom. The minimum Gasteiger partial charge on any atom is -0.466 e. The van der Waals surface area contributed by atoms with Crippen molar-refractivity contribution in [2.75, 3.05) is 6.61 Å². The fourth-order valence-corrected chi connectivity index (χ4v) is 1.92. The van der Waals surface area contributed by atoms with Crippen molar-refractivity contribution in [1.82, 2.24) is 0 Å². The van der Waals surface area contributed by atoms with E-state index in [0.717, 1.165) is 0 Å². The molecule has 0 saturated heterocycles. The zero-order valence-corrected chi connectivity index (χ0v) is 12.8. The number of benzene rings is 2. The first-order chi connectivity index (χ1) is 10.6. The Bertz CT molecular complexity index is 647. The lowest BCUT2D eigenvalue weighted by molar-refractivity contribution is -0.141. The predicted molar refractivity (Wildman–Crippen MR) is 83.5 cm³/mol. The average Bonchev–Trinajstić information content (AvgIpc) is 2.50. The summed E-state index contributed by atoms with van der Waals surface area (Å²) >= 11 is 5.80. The first-order valence-corrected chi connectivity index (χ1v) is 7.18. The number of hydrogen-bond donors (Lipinski definition) is 0. The molecule has 0 saturated carbocycles. The van der Waals surface area contributed by atoms with Gasteiger partial charge in [0, 0.05) is 10.6 Å². The van der Waals surface area contributed by atoms with Crippen molar-refractivity contribution in [1.29, 1.82) is 0 Å². The number of hydrogen-bond acceptors (Lipinski definition) is 4. The van der Waals surface area contributed by atoms with Crippen molar-refractivity contribution in [3.63, 3.8) is 0 Å². The molecule has 0 bridgehead atoms. The first-order valence-electron chi connectivity index (χ1n) is 6.81. The number of ether oxygens (including phenoxy) is 2. The van der Waals surface area contributed by atoms with Gasteiger partial charge in [0.2, 0.25) is 0 Å². The van der Waals surface area contributed by atoms with Crippen LogP contribution in [0.1, 0.15) is 23.7 Å². The number of halogens is 1. The average molecular weight is 319 g/mol. The van der Waals surface area contributed by atoms with Crippen molar-refractivity contribution in [2.45, 2.75) is 13.3 Å². The van der Waals surface area contributed by atoms with Gasteiger partial charge in [0.1, 0.15) is 17.9 Å². The van der Waals surface area contributed by atoms with Crippen LogP contribution in [0.5, 0.6) is 11.5 Å². The molecule has 4 nitrogen and oxygen atoms in total. The maximum Gasteiger partial charge on any atom is 0.313 e. The highest BCUT2D eigenvalue weighted by molar-refractivity contribution is 6.30. The summed E-state index contributed by atoms with van der Waals surface area (Å²) in [6, 6.07) is 13.5. The van der Waals surface area contributed by atoms with Crippen molar-refractivity contribution >= 4 is 23.4 Å². The summed E-state index contributed by atoms with van der Waals surface area (Å²) in [5.74, 6) is 0.440. The molecule has 2 aromatic rings. The van der Waals surface area contributed by atoms with E-state index in [1.807, 2.05) is 0 Å². The second kappa shape index (κ2) is 7.61. The van der Waals surface area contributed by atoms with Gasteiger partial charge in [-0.3, -0.25) is 9.59 Å². The Labute approximate surface area is 133 Å². The summed E-state index contributed by atoms with van der Waals surface area (Å²) in [5.41, 5.74) is 0.441. The van der Waals surface area contributed by atoms with E-state index in [4.69, 9.17) is 21.1 Å². The molecule has 0 atom stereocenters. The van der Waals surface area contributed by atoms with Gasteiger partial charge in [0.05, 0.1) is 6.61 Å². The quantitative estimate of drug-likeness (QED) is 0.453. The summed E-state index contributed by atoms with van der Waals surface area (Å²) < 4.78 is 10.4. The number of rotatable bonds is 6. The molecule has 0 fully saturated rings. The van der Waals surface area contributed by atoms with Crippen LogP contribution in [0.25, 0.3) is 0 Å². The highest BCUT2D eigenvalue weighted by Crippen LogP contribution is 2.23. The van der Waals surface area contributed by atoms with Crippen LogP contribution < -0.4 is 4.74 Å². The summed E-state index contributed by atoms with van der Waals surface area (Å²) in [5, 5.41) is 0.632. The molecule has 0 aliphatic carbocycles. The van der Waals surface area contributed by atoms with Gasteiger partial charge in [0.25, 0.3) is 0 Å². The lowest BCUT2D eigenvalue weighted by Gasteiger charge is -2.06. The standard InChI is InChI=1S/C17H15ClO4/c1-2-21-17(20)11-16(19)12-3-7-14(8-4-12)22-15-9-5-13(18)6-10-15/h3-10H,2,11H2,1H3. The zero-order valence-electron chi connectivity index (χ0n) is 12.0. The first kappa shape index (κ1) is 16.0. The van der Waals surface area contributed by atoms with E-state index in [0.29, 0.717) is 22.1 Å². The molecule has 0 aliphatic heterocycles. The molecule has 0 aromatic heterocycles. The van der Waals surface area contributed by atoms with Crippen LogP contribution in [0, 0.1) is 0 Å². The topological polar surface area (TPSA) is 52.6 Å². The number of ketones is 1.